The van der Waals surface area contributed by atoms with Crippen LogP contribution in [0.4, 0.5) is 0 Å². The lowest BCUT2D eigenvalue weighted by Gasteiger charge is -2.11. The van der Waals surface area contributed by atoms with Gasteiger partial charge in [0.2, 0.25) is 11.0 Å². The first-order valence-corrected chi connectivity index (χ1v) is 10.1. The number of carbonyl (C=O) groups excluding carboxylic acids is 1. The van der Waals surface area contributed by atoms with Crippen LogP contribution in [0.1, 0.15) is 37.8 Å². The van der Waals surface area contributed by atoms with Gasteiger partial charge < -0.3 is 14.8 Å². The van der Waals surface area contributed by atoms with Crippen LogP contribution < -0.4 is 14.8 Å². The van der Waals surface area contributed by atoms with Gasteiger partial charge in [-0.15, -0.1) is 0 Å². The molecule has 28 heavy (non-hydrogen) atoms. The summed E-state index contributed by atoms with van der Waals surface area (Å²) >= 11 is 1.36. The van der Waals surface area contributed by atoms with E-state index in [4.69, 9.17) is 9.47 Å². The van der Waals surface area contributed by atoms with Crippen LogP contribution in [-0.4, -0.2) is 17.4 Å². The molecule has 0 atom stereocenters. The zero-order chi connectivity index (χ0) is 19.9. The molecule has 146 valence electrons. The molecule has 1 N–H and O–H groups in total. The van der Waals surface area contributed by atoms with Crippen molar-refractivity contribution in [3.05, 3.63) is 65.9 Å². The summed E-state index contributed by atoms with van der Waals surface area (Å²) in [7, 11) is 0. The maximum absolute atomic E-state index is 10.9. The van der Waals surface area contributed by atoms with Gasteiger partial charge in [-0.05, 0) is 53.0 Å². The molecule has 0 aliphatic carbocycles. The van der Waals surface area contributed by atoms with Crippen molar-refractivity contribution in [1.29, 1.82) is 0 Å². The molecule has 0 saturated heterocycles. The summed E-state index contributed by atoms with van der Waals surface area (Å²) in [5.41, 5.74) is 2.29. The average molecular weight is 397 g/mol. The van der Waals surface area contributed by atoms with Crippen molar-refractivity contribution >= 4 is 17.2 Å². The smallest absolute Gasteiger partial charge is 0.282 e. The highest BCUT2D eigenvalue weighted by Gasteiger charge is 2.11. The van der Waals surface area contributed by atoms with E-state index in [1.165, 1.54) is 18.3 Å². The van der Waals surface area contributed by atoms with Crippen LogP contribution >= 0.6 is 11.3 Å². The van der Waals surface area contributed by atoms with Crippen LogP contribution in [0.3, 0.4) is 0 Å². The average Bonchev–Trinajstić information content (AvgIpc) is 3.10. The maximum Gasteiger partial charge on any atom is 0.282 e. The Labute approximate surface area is 169 Å². The third-order valence-corrected chi connectivity index (χ3v) is 4.88. The zero-order valence-corrected chi connectivity index (χ0v) is 17.1. The van der Waals surface area contributed by atoms with Crippen molar-refractivity contribution in [3.8, 4) is 21.8 Å². The van der Waals surface area contributed by atoms with Crippen molar-refractivity contribution < 1.29 is 14.3 Å². The molecule has 0 saturated carbocycles. The van der Waals surface area contributed by atoms with E-state index in [1.54, 1.807) is 6.20 Å². The Hall–Kier alpha value is -2.86. The largest absolute Gasteiger partial charge is 0.445 e. The van der Waals surface area contributed by atoms with Crippen LogP contribution in [0.15, 0.2) is 54.7 Å². The van der Waals surface area contributed by atoms with E-state index in [9.17, 15) is 4.79 Å². The van der Waals surface area contributed by atoms with Gasteiger partial charge in [-0.25, -0.2) is 4.98 Å². The molecule has 0 unspecified atom stereocenters. The molecule has 1 amide bonds. The van der Waals surface area contributed by atoms with Gasteiger partial charge in [-0.3, -0.25) is 4.79 Å². The topological polar surface area (TPSA) is 60.5 Å². The highest BCUT2D eigenvalue weighted by molar-refractivity contribution is 7.15. The number of carbonyl (C=O) groups is 1. The molecule has 0 aliphatic rings. The standard InChI is InChI=1S/C22H24N2O3S/c1-15(2)19-6-4-5-7-20(19)27-22-24-14-21(28-22)26-18-10-8-17(9-11-18)12-13-23-16(3)25/h4-11,14-15H,12-13H2,1-3H3,(H,23,25). The van der Waals surface area contributed by atoms with Gasteiger partial charge in [0.25, 0.3) is 5.19 Å². The highest BCUT2D eigenvalue weighted by atomic mass is 32.1. The Balaban J connectivity index is 1.60. The van der Waals surface area contributed by atoms with Crippen molar-refractivity contribution in [2.45, 2.75) is 33.1 Å². The minimum absolute atomic E-state index is 0.0146. The molecule has 5 nitrogen and oxygen atoms in total. The second-order valence-electron chi connectivity index (χ2n) is 6.72. The molecule has 2 aromatic carbocycles. The van der Waals surface area contributed by atoms with Gasteiger partial charge in [-0.2, -0.15) is 0 Å². The van der Waals surface area contributed by atoms with E-state index in [0.29, 0.717) is 22.7 Å². The quantitative estimate of drug-likeness (QED) is 0.544. The molecule has 0 fully saturated rings. The fourth-order valence-corrected chi connectivity index (χ4v) is 3.36. The molecule has 3 rings (SSSR count). The van der Waals surface area contributed by atoms with Gasteiger partial charge in [0.15, 0.2) is 0 Å². The van der Waals surface area contributed by atoms with E-state index in [1.807, 2.05) is 42.5 Å². The Bertz CT molecular complexity index is 920. The number of hydrogen-bond donors (Lipinski definition) is 1. The summed E-state index contributed by atoms with van der Waals surface area (Å²) in [6.07, 6.45) is 2.45. The molecule has 1 heterocycles. The van der Waals surface area contributed by atoms with Crippen molar-refractivity contribution in [3.63, 3.8) is 0 Å². The minimum Gasteiger partial charge on any atom is -0.445 e. The fourth-order valence-electron chi connectivity index (χ4n) is 2.71. The first kappa shape index (κ1) is 19.9. The zero-order valence-electron chi connectivity index (χ0n) is 16.3. The van der Waals surface area contributed by atoms with Crippen molar-refractivity contribution in [2.24, 2.45) is 0 Å². The molecule has 0 bridgehead atoms. The van der Waals surface area contributed by atoms with Gasteiger partial charge in [0, 0.05) is 13.5 Å². The number of benzene rings is 2. The number of aromatic nitrogens is 1. The van der Waals surface area contributed by atoms with E-state index in [-0.39, 0.29) is 5.91 Å². The third-order valence-electron chi connectivity index (χ3n) is 4.13. The lowest BCUT2D eigenvalue weighted by Crippen LogP contribution is -2.22. The molecule has 0 spiro atoms. The number of hydrogen-bond acceptors (Lipinski definition) is 5. The third kappa shape index (κ3) is 5.57. The molecule has 1 aromatic heterocycles. The second-order valence-corrected chi connectivity index (χ2v) is 7.67. The monoisotopic (exact) mass is 396 g/mol. The Morgan fingerprint density at radius 2 is 1.86 bits per heavy atom. The molecule has 0 aliphatic heterocycles. The number of nitrogens with one attached hydrogen (secondary N) is 1. The summed E-state index contributed by atoms with van der Waals surface area (Å²) in [4.78, 5) is 15.2. The van der Waals surface area contributed by atoms with Crippen LogP contribution in [0.25, 0.3) is 0 Å². The van der Waals surface area contributed by atoms with E-state index >= 15 is 0 Å². The van der Waals surface area contributed by atoms with E-state index < -0.39 is 0 Å². The van der Waals surface area contributed by atoms with E-state index in [2.05, 4.69) is 30.2 Å². The van der Waals surface area contributed by atoms with E-state index in [0.717, 1.165) is 29.0 Å². The predicted octanol–water partition coefficient (Wildman–Crippen LogP) is 5.53. The predicted molar refractivity (Wildman–Crippen MR) is 112 cm³/mol. The fraction of sp³-hybridized carbons (Fsp3) is 0.273. The summed E-state index contributed by atoms with van der Waals surface area (Å²) in [5.74, 6) is 1.92. The lowest BCUT2D eigenvalue weighted by atomic mass is 10.0. The molecule has 6 heteroatoms. The molecule has 3 aromatic rings. The molecular weight excluding hydrogens is 372 g/mol. The summed E-state index contributed by atoms with van der Waals surface area (Å²) < 4.78 is 11.8. The Morgan fingerprint density at radius 1 is 1.11 bits per heavy atom. The molecular formula is C22H24N2O3S. The second kappa shape index (κ2) is 9.37. The highest BCUT2D eigenvalue weighted by Crippen LogP contribution is 2.36. The molecule has 0 radical (unpaired) electrons. The Kier molecular flexibility index (Phi) is 6.66. The first-order chi connectivity index (χ1) is 13.5. The normalized spacial score (nSPS) is 10.7. The summed E-state index contributed by atoms with van der Waals surface area (Å²) in [5, 5.41) is 4.01. The summed E-state index contributed by atoms with van der Waals surface area (Å²) in [6, 6.07) is 15.8. The van der Waals surface area contributed by atoms with Crippen LogP contribution in [0.5, 0.6) is 21.8 Å². The summed E-state index contributed by atoms with van der Waals surface area (Å²) in [6.45, 7) is 6.42. The number of ether oxygens (including phenoxy) is 2. The number of rotatable bonds is 8. The van der Waals surface area contributed by atoms with Crippen molar-refractivity contribution in [2.75, 3.05) is 6.54 Å². The van der Waals surface area contributed by atoms with Crippen LogP contribution in [-0.2, 0) is 11.2 Å². The lowest BCUT2D eigenvalue weighted by molar-refractivity contribution is -0.118. The van der Waals surface area contributed by atoms with Gasteiger partial charge in [0.1, 0.15) is 11.5 Å². The minimum atomic E-state index is -0.0146. The van der Waals surface area contributed by atoms with Gasteiger partial charge >= 0.3 is 0 Å². The SMILES string of the molecule is CC(=O)NCCc1ccc(Oc2cnc(Oc3ccccc3C(C)C)s2)cc1. The maximum atomic E-state index is 10.9. The van der Waals surface area contributed by atoms with Gasteiger partial charge in [0.05, 0.1) is 6.20 Å². The van der Waals surface area contributed by atoms with Crippen LogP contribution in [0.2, 0.25) is 0 Å². The Morgan fingerprint density at radius 3 is 2.57 bits per heavy atom. The first-order valence-electron chi connectivity index (χ1n) is 9.25. The van der Waals surface area contributed by atoms with Crippen LogP contribution in [0, 0.1) is 0 Å². The number of nitrogens with zero attached hydrogens (tertiary/aromatic N) is 1. The van der Waals surface area contributed by atoms with Crippen molar-refractivity contribution in [1.82, 2.24) is 10.3 Å². The van der Waals surface area contributed by atoms with Gasteiger partial charge in [-0.1, -0.05) is 44.2 Å². The number of para-hydroxylation sites is 1. The number of thiazole rings is 1. The number of amides is 1.